The maximum absolute atomic E-state index is 12.1. The number of carbonyl (C=O) groups is 1. The van der Waals surface area contributed by atoms with E-state index in [1.54, 1.807) is 19.1 Å². The van der Waals surface area contributed by atoms with Crippen molar-refractivity contribution in [3.8, 4) is 5.75 Å². The Kier molecular flexibility index (Phi) is 4.29. The Morgan fingerprint density at radius 2 is 2.17 bits per heavy atom. The summed E-state index contributed by atoms with van der Waals surface area (Å²) in [6, 6.07) is 4.85. The van der Waals surface area contributed by atoms with Crippen molar-refractivity contribution in [2.24, 2.45) is 5.73 Å². The second-order valence-electron chi connectivity index (χ2n) is 4.52. The van der Waals surface area contributed by atoms with Crippen LogP contribution in [0.3, 0.4) is 0 Å². The molecule has 4 nitrogen and oxygen atoms in total. The van der Waals surface area contributed by atoms with Gasteiger partial charge in [0.25, 0.3) is 5.91 Å². The number of phenols is 1. The molecule has 4 N–H and O–H groups in total. The number of rotatable bonds is 4. The number of phenolic OH excluding ortho intramolecular Hbond substituents is 1. The molecule has 1 unspecified atom stereocenters. The molecule has 98 valence electrons. The van der Waals surface area contributed by atoms with E-state index in [4.69, 9.17) is 18.0 Å². The molecule has 0 aliphatic carbocycles. The van der Waals surface area contributed by atoms with Gasteiger partial charge in [-0.3, -0.25) is 4.79 Å². The lowest BCUT2D eigenvalue weighted by atomic mass is 9.98. The minimum Gasteiger partial charge on any atom is -0.507 e. The van der Waals surface area contributed by atoms with Gasteiger partial charge in [0, 0.05) is 0 Å². The van der Waals surface area contributed by atoms with Gasteiger partial charge in [-0.2, -0.15) is 0 Å². The van der Waals surface area contributed by atoms with Gasteiger partial charge in [-0.25, -0.2) is 0 Å². The van der Waals surface area contributed by atoms with Crippen molar-refractivity contribution in [3.63, 3.8) is 0 Å². The average molecular weight is 266 g/mol. The van der Waals surface area contributed by atoms with Crippen molar-refractivity contribution < 1.29 is 9.90 Å². The first-order chi connectivity index (χ1) is 8.30. The van der Waals surface area contributed by atoms with E-state index in [9.17, 15) is 9.90 Å². The summed E-state index contributed by atoms with van der Waals surface area (Å²) in [7, 11) is 0. The summed E-state index contributed by atoms with van der Waals surface area (Å²) in [6.07, 6.45) is 0.584. The molecular formula is C13H18N2O2S. The van der Waals surface area contributed by atoms with Gasteiger partial charge in [0.1, 0.15) is 5.75 Å². The van der Waals surface area contributed by atoms with Crippen molar-refractivity contribution in [2.75, 3.05) is 0 Å². The van der Waals surface area contributed by atoms with E-state index in [1.807, 2.05) is 13.8 Å². The number of benzene rings is 1. The first kappa shape index (κ1) is 14.4. The average Bonchev–Trinajstić information content (AvgIpc) is 2.31. The third-order valence-corrected chi connectivity index (χ3v) is 3.49. The number of amides is 1. The van der Waals surface area contributed by atoms with E-state index >= 15 is 0 Å². The van der Waals surface area contributed by atoms with E-state index in [0.717, 1.165) is 5.56 Å². The van der Waals surface area contributed by atoms with Crippen molar-refractivity contribution in [1.29, 1.82) is 0 Å². The Balaban J connectivity index is 3.02. The molecule has 1 rings (SSSR count). The third-order valence-electron chi connectivity index (χ3n) is 3.04. The summed E-state index contributed by atoms with van der Waals surface area (Å²) >= 11 is 4.96. The van der Waals surface area contributed by atoms with E-state index in [-0.39, 0.29) is 22.2 Å². The van der Waals surface area contributed by atoms with Gasteiger partial charge in [-0.15, -0.1) is 0 Å². The number of nitrogens with two attached hydrogens (primary N) is 1. The lowest BCUT2D eigenvalue weighted by Crippen LogP contribution is -2.54. The molecule has 0 aliphatic rings. The molecule has 0 radical (unpaired) electrons. The molecule has 0 fully saturated rings. The van der Waals surface area contributed by atoms with Crippen LogP contribution >= 0.6 is 12.2 Å². The Morgan fingerprint density at radius 1 is 1.56 bits per heavy atom. The van der Waals surface area contributed by atoms with Crippen molar-refractivity contribution in [3.05, 3.63) is 29.3 Å². The first-order valence-corrected chi connectivity index (χ1v) is 6.13. The highest BCUT2D eigenvalue weighted by molar-refractivity contribution is 7.80. The molecule has 0 saturated heterocycles. The minimum atomic E-state index is -0.747. The standard InChI is InChI=1S/C13H18N2O2S/c1-4-13(3,12(14)18)15-11(17)9-7-8(2)5-6-10(9)16/h5-7,16H,4H2,1-3H3,(H2,14,18)(H,15,17). The van der Waals surface area contributed by atoms with Crippen molar-refractivity contribution in [2.45, 2.75) is 32.7 Å². The number of aryl methyl sites for hydroxylation is 1. The molecule has 0 saturated carbocycles. The van der Waals surface area contributed by atoms with E-state index in [0.29, 0.717) is 6.42 Å². The summed E-state index contributed by atoms with van der Waals surface area (Å²) in [5.74, 6) is -0.437. The number of nitrogens with one attached hydrogen (secondary N) is 1. The van der Waals surface area contributed by atoms with Crippen LogP contribution in [-0.2, 0) is 0 Å². The zero-order valence-electron chi connectivity index (χ0n) is 10.8. The van der Waals surface area contributed by atoms with Crippen LogP contribution in [0.1, 0.15) is 36.2 Å². The fraction of sp³-hybridized carbons (Fsp3) is 0.385. The number of aromatic hydroxyl groups is 1. The van der Waals surface area contributed by atoms with E-state index in [2.05, 4.69) is 5.32 Å². The molecule has 0 heterocycles. The van der Waals surface area contributed by atoms with Gasteiger partial charge in [0.05, 0.1) is 16.1 Å². The van der Waals surface area contributed by atoms with Crippen LogP contribution in [0.2, 0.25) is 0 Å². The van der Waals surface area contributed by atoms with Crippen LogP contribution in [0.4, 0.5) is 0 Å². The zero-order valence-corrected chi connectivity index (χ0v) is 11.6. The highest BCUT2D eigenvalue weighted by atomic mass is 32.1. The Bertz CT molecular complexity index is 488. The predicted octanol–water partition coefficient (Wildman–Crippen LogP) is 1.89. The molecule has 1 atom stereocenters. The van der Waals surface area contributed by atoms with Gasteiger partial charge in [-0.1, -0.05) is 30.8 Å². The Hall–Kier alpha value is -1.62. The summed E-state index contributed by atoms with van der Waals surface area (Å²) < 4.78 is 0. The second-order valence-corrected chi connectivity index (χ2v) is 4.96. The topological polar surface area (TPSA) is 75.3 Å². The van der Waals surface area contributed by atoms with Crippen LogP contribution in [0, 0.1) is 6.92 Å². The highest BCUT2D eigenvalue weighted by Crippen LogP contribution is 2.20. The van der Waals surface area contributed by atoms with Crippen molar-refractivity contribution in [1.82, 2.24) is 5.32 Å². The molecule has 0 aliphatic heterocycles. The Labute approximate surface area is 112 Å². The number of hydrogen-bond donors (Lipinski definition) is 3. The molecule has 1 amide bonds. The summed E-state index contributed by atoms with van der Waals surface area (Å²) in [4.78, 5) is 12.3. The second kappa shape index (κ2) is 5.35. The molecule has 5 heteroatoms. The SMILES string of the molecule is CCC(C)(NC(=O)c1cc(C)ccc1O)C(N)=S. The van der Waals surface area contributed by atoms with Gasteiger partial charge >= 0.3 is 0 Å². The van der Waals surface area contributed by atoms with Gasteiger partial charge in [0.2, 0.25) is 0 Å². The molecular weight excluding hydrogens is 248 g/mol. The number of thiocarbonyl (C=S) groups is 1. The fourth-order valence-electron chi connectivity index (χ4n) is 1.47. The largest absolute Gasteiger partial charge is 0.507 e. The van der Waals surface area contributed by atoms with Gasteiger partial charge < -0.3 is 16.2 Å². The molecule has 0 bridgehead atoms. The smallest absolute Gasteiger partial charge is 0.255 e. The summed E-state index contributed by atoms with van der Waals surface area (Å²) in [6.45, 7) is 5.50. The van der Waals surface area contributed by atoms with Crippen molar-refractivity contribution >= 4 is 23.1 Å². The number of hydrogen-bond acceptors (Lipinski definition) is 3. The fourth-order valence-corrected chi connectivity index (χ4v) is 1.67. The monoisotopic (exact) mass is 266 g/mol. The highest BCUT2D eigenvalue weighted by Gasteiger charge is 2.28. The third kappa shape index (κ3) is 2.98. The molecule has 0 spiro atoms. The quantitative estimate of drug-likeness (QED) is 0.727. The lowest BCUT2D eigenvalue weighted by molar-refractivity contribution is 0.0924. The summed E-state index contributed by atoms with van der Waals surface area (Å²) in [5.41, 5.74) is 6.01. The molecule has 1 aromatic carbocycles. The van der Waals surface area contributed by atoms with Crippen LogP contribution in [0.15, 0.2) is 18.2 Å². The minimum absolute atomic E-state index is 0.0560. The van der Waals surface area contributed by atoms with Crippen LogP contribution in [0.5, 0.6) is 5.75 Å². The van der Waals surface area contributed by atoms with Gasteiger partial charge in [-0.05, 0) is 32.4 Å². The van der Waals surface area contributed by atoms with Gasteiger partial charge in [0.15, 0.2) is 0 Å². The maximum atomic E-state index is 12.1. The van der Waals surface area contributed by atoms with E-state index < -0.39 is 5.54 Å². The predicted molar refractivity (Wildman–Crippen MR) is 75.8 cm³/mol. The van der Waals surface area contributed by atoms with E-state index in [1.165, 1.54) is 6.07 Å². The zero-order chi connectivity index (χ0) is 13.9. The summed E-state index contributed by atoms with van der Waals surface area (Å²) in [5, 5.41) is 12.5. The van der Waals surface area contributed by atoms with Crippen LogP contribution in [0.25, 0.3) is 0 Å². The first-order valence-electron chi connectivity index (χ1n) is 5.72. The Morgan fingerprint density at radius 3 is 2.67 bits per heavy atom. The molecule has 0 aromatic heterocycles. The van der Waals surface area contributed by atoms with Crippen LogP contribution < -0.4 is 11.1 Å². The lowest BCUT2D eigenvalue weighted by Gasteiger charge is -2.28. The van der Waals surface area contributed by atoms with Crippen LogP contribution in [-0.4, -0.2) is 21.5 Å². The normalized spacial score (nSPS) is 13.7. The number of carbonyl (C=O) groups excluding carboxylic acids is 1. The molecule has 18 heavy (non-hydrogen) atoms. The molecule has 1 aromatic rings. The maximum Gasteiger partial charge on any atom is 0.255 e.